The number of ether oxygens (including phenoxy) is 2. The van der Waals surface area contributed by atoms with E-state index in [0.717, 1.165) is 16.2 Å². The van der Waals surface area contributed by atoms with Crippen molar-refractivity contribution >= 4 is 22.9 Å². The zero-order valence-electron chi connectivity index (χ0n) is 15.5. The second kappa shape index (κ2) is 8.85. The summed E-state index contributed by atoms with van der Waals surface area (Å²) in [5.74, 6) is 0.0174. The predicted molar refractivity (Wildman–Crippen MR) is 100 cm³/mol. The number of nitrogens with one attached hydrogen (secondary N) is 1. The fourth-order valence-corrected chi connectivity index (χ4v) is 2.55. The molecule has 1 amide bonds. The summed E-state index contributed by atoms with van der Waals surface area (Å²) < 4.78 is 9.80. The summed E-state index contributed by atoms with van der Waals surface area (Å²) in [5.41, 5.74) is 2.42. The molecular weight excluding hydrogens is 364 g/mol. The first-order valence-electron chi connectivity index (χ1n) is 8.57. The van der Waals surface area contributed by atoms with E-state index >= 15 is 0 Å². The van der Waals surface area contributed by atoms with Crippen LogP contribution in [0, 0.1) is 0 Å². The highest BCUT2D eigenvalue weighted by atomic mass is 16.7. The van der Waals surface area contributed by atoms with Crippen LogP contribution in [0.4, 0.5) is 0 Å². The molecule has 2 aromatic carbocycles. The van der Waals surface area contributed by atoms with Crippen LogP contribution in [0.15, 0.2) is 42.5 Å². The summed E-state index contributed by atoms with van der Waals surface area (Å²) in [5, 5.41) is 10.5. The molecule has 0 saturated heterocycles. The van der Waals surface area contributed by atoms with E-state index in [0.29, 0.717) is 29.6 Å². The van der Waals surface area contributed by atoms with Gasteiger partial charge in [0.05, 0.1) is 19.8 Å². The molecule has 3 aromatic rings. The fourth-order valence-electron chi connectivity index (χ4n) is 2.55. The summed E-state index contributed by atoms with van der Waals surface area (Å²) in [4.78, 5) is 30.1. The van der Waals surface area contributed by atoms with E-state index in [4.69, 9.17) is 14.3 Å². The Hall–Kier alpha value is -3.62. The van der Waals surface area contributed by atoms with Crippen molar-refractivity contribution < 1.29 is 23.9 Å². The van der Waals surface area contributed by atoms with Gasteiger partial charge in [0.1, 0.15) is 16.8 Å². The van der Waals surface area contributed by atoms with Crippen molar-refractivity contribution in [1.29, 1.82) is 0 Å². The molecule has 0 spiro atoms. The maximum Gasteiger partial charge on any atom is 0.337 e. The van der Waals surface area contributed by atoms with Gasteiger partial charge in [0.15, 0.2) is 6.61 Å². The van der Waals surface area contributed by atoms with Crippen molar-refractivity contribution in [3.05, 3.63) is 53.6 Å². The van der Waals surface area contributed by atoms with Gasteiger partial charge >= 0.3 is 5.97 Å². The van der Waals surface area contributed by atoms with Crippen LogP contribution >= 0.6 is 0 Å². The lowest BCUT2D eigenvalue weighted by Crippen LogP contribution is -2.33. The minimum Gasteiger partial charge on any atom is -0.497 e. The molecule has 0 aliphatic rings. The van der Waals surface area contributed by atoms with Crippen LogP contribution in [0.25, 0.3) is 11.0 Å². The number of esters is 1. The molecule has 0 atom stereocenters. The number of hydrogen-bond donors (Lipinski definition) is 1. The average Bonchev–Trinajstić information content (AvgIpc) is 3.14. The Morgan fingerprint density at radius 2 is 1.89 bits per heavy atom. The second-order valence-electron chi connectivity index (χ2n) is 5.88. The highest BCUT2D eigenvalue weighted by Gasteiger charge is 2.12. The minimum atomic E-state index is -0.481. The van der Waals surface area contributed by atoms with Gasteiger partial charge in [-0.05, 0) is 47.5 Å². The van der Waals surface area contributed by atoms with E-state index in [1.165, 1.54) is 7.11 Å². The summed E-state index contributed by atoms with van der Waals surface area (Å²) in [6.45, 7) is 0.239. The van der Waals surface area contributed by atoms with Crippen molar-refractivity contribution in [1.82, 2.24) is 20.5 Å². The second-order valence-corrected chi connectivity index (χ2v) is 5.88. The molecule has 0 saturated carbocycles. The molecule has 9 nitrogen and oxygen atoms in total. The topological polar surface area (TPSA) is 105 Å². The Kier molecular flexibility index (Phi) is 6.05. The molecule has 3 rings (SSSR count). The van der Waals surface area contributed by atoms with E-state index in [-0.39, 0.29) is 12.5 Å². The molecule has 0 unspecified atom stereocenters. The number of methoxy groups -OCH3 is 2. The maximum atomic E-state index is 12.0. The summed E-state index contributed by atoms with van der Waals surface area (Å²) in [6.07, 6.45) is 0.685. The van der Waals surface area contributed by atoms with Gasteiger partial charge < -0.3 is 19.6 Å². The van der Waals surface area contributed by atoms with Crippen molar-refractivity contribution in [2.45, 2.75) is 6.42 Å². The normalized spacial score (nSPS) is 10.5. The van der Waals surface area contributed by atoms with Crippen LogP contribution in [0.3, 0.4) is 0 Å². The van der Waals surface area contributed by atoms with E-state index in [9.17, 15) is 9.59 Å². The van der Waals surface area contributed by atoms with Gasteiger partial charge in [0, 0.05) is 6.54 Å². The Labute approximate surface area is 161 Å². The van der Waals surface area contributed by atoms with Gasteiger partial charge in [-0.25, -0.2) is 4.79 Å². The van der Waals surface area contributed by atoms with Gasteiger partial charge in [-0.3, -0.25) is 4.79 Å². The molecule has 0 aliphatic heterocycles. The van der Waals surface area contributed by atoms with Crippen molar-refractivity contribution in [3.63, 3.8) is 0 Å². The fraction of sp³-hybridized carbons (Fsp3) is 0.263. The smallest absolute Gasteiger partial charge is 0.337 e. The van der Waals surface area contributed by atoms with Crippen molar-refractivity contribution in [3.8, 4) is 5.75 Å². The Bertz CT molecular complexity index is 968. The van der Waals surface area contributed by atoms with E-state index in [1.54, 1.807) is 25.3 Å². The largest absolute Gasteiger partial charge is 0.497 e. The van der Waals surface area contributed by atoms with Crippen LogP contribution in [0.1, 0.15) is 15.9 Å². The zero-order valence-corrected chi connectivity index (χ0v) is 15.5. The molecule has 0 fully saturated rings. The maximum absolute atomic E-state index is 12.0. The number of fused-ring (bicyclic) bond motifs is 1. The molecule has 1 N–H and O–H groups in total. The molecule has 0 bridgehead atoms. The number of aromatic nitrogens is 3. The summed E-state index contributed by atoms with van der Waals surface area (Å²) >= 11 is 0. The number of hydrogen-bond acceptors (Lipinski definition) is 7. The van der Waals surface area contributed by atoms with Crippen LogP contribution in [-0.4, -0.2) is 54.4 Å². The Morgan fingerprint density at radius 1 is 1.11 bits per heavy atom. The van der Waals surface area contributed by atoms with Gasteiger partial charge in [-0.2, -0.15) is 0 Å². The van der Waals surface area contributed by atoms with E-state index in [2.05, 4.69) is 15.6 Å². The van der Waals surface area contributed by atoms with Crippen LogP contribution < -0.4 is 14.9 Å². The van der Waals surface area contributed by atoms with Crippen molar-refractivity contribution in [2.24, 2.45) is 0 Å². The first-order valence-corrected chi connectivity index (χ1v) is 8.57. The third-order valence-electron chi connectivity index (χ3n) is 4.05. The van der Waals surface area contributed by atoms with Crippen LogP contribution in [-0.2, 0) is 16.0 Å². The molecule has 9 heteroatoms. The standard InChI is InChI=1S/C19H20N4O5/c1-26-15-6-3-13(4-7-15)9-10-20-18(24)12-28-23-17-11-14(19(25)27-2)5-8-16(17)21-22-23/h3-8,11H,9-10,12H2,1-2H3,(H,20,24). The highest BCUT2D eigenvalue weighted by Crippen LogP contribution is 2.13. The molecule has 1 heterocycles. The Balaban J connectivity index is 1.51. The number of nitrogens with zero attached hydrogens (tertiary/aromatic N) is 3. The minimum absolute atomic E-state index is 0.233. The molecule has 0 aliphatic carbocycles. The van der Waals surface area contributed by atoms with Gasteiger partial charge in [-0.1, -0.05) is 17.0 Å². The lowest BCUT2D eigenvalue weighted by Gasteiger charge is -2.08. The zero-order chi connectivity index (χ0) is 19.9. The molecule has 146 valence electrons. The lowest BCUT2D eigenvalue weighted by atomic mass is 10.1. The number of rotatable bonds is 8. The quantitative estimate of drug-likeness (QED) is 0.578. The van der Waals surface area contributed by atoms with Gasteiger partial charge in [0.25, 0.3) is 5.91 Å². The highest BCUT2D eigenvalue weighted by molar-refractivity contribution is 5.93. The first kappa shape index (κ1) is 19.2. The van der Waals surface area contributed by atoms with Gasteiger partial charge in [-0.15, -0.1) is 5.10 Å². The molecule has 0 radical (unpaired) electrons. The van der Waals surface area contributed by atoms with Gasteiger partial charge in [0.2, 0.25) is 0 Å². The first-order chi connectivity index (χ1) is 13.6. The van der Waals surface area contributed by atoms with Crippen LogP contribution in [0.5, 0.6) is 5.75 Å². The Morgan fingerprint density at radius 3 is 2.61 bits per heavy atom. The van der Waals surface area contributed by atoms with E-state index in [1.807, 2.05) is 24.3 Å². The lowest BCUT2D eigenvalue weighted by molar-refractivity contribution is -0.126. The third-order valence-corrected chi connectivity index (χ3v) is 4.05. The predicted octanol–water partition coefficient (Wildman–Crippen LogP) is 1.01. The molecule has 1 aromatic heterocycles. The monoisotopic (exact) mass is 384 g/mol. The number of carbonyl (C=O) groups excluding carboxylic acids is 2. The number of carbonyl (C=O) groups is 2. The SMILES string of the molecule is COC(=O)c1ccc2nnn(OCC(=O)NCCc3ccc(OC)cc3)c2c1. The average molecular weight is 384 g/mol. The van der Waals surface area contributed by atoms with Crippen LogP contribution in [0.2, 0.25) is 0 Å². The number of amides is 1. The number of benzene rings is 2. The molecule has 28 heavy (non-hydrogen) atoms. The third kappa shape index (κ3) is 4.56. The summed E-state index contributed by atoms with van der Waals surface area (Å²) in [7, 11) is 2.92. The van der Waals surface area contributed by atoms with E-state index < -0.39 is 5.97 Å². The molecular formula is C19H20N4O5. The van der Waals surface area contributed by atoms with Crippen molar-refractivity contribution in [2.75, 3.05) is 27.4 Å². The summed E-state index contributed by atoms with van der Waals surface area (Å²) in [6, 6.07) is 12.4.